The third-order valence-corrected chi connectivity index (χ3v) is 4.80. The molecular formula is C20H16NaO4P. The van der Waals surface area contributed by atoms with E-state index in [0.717, 1.165) is 11.1 Å². The smallest absolute Gasteiger partial charge is 0.769 e. The molecule has 0 radical (unpaired) electrons. The normalized spacial score (nSPS) is 12.5. The van der Waals surface area contributed by atoms with Crippen LogP contribution in [0.5, 0.6) is 5.75 Å². The first-order valence-electron chi connectivity index (χ1n) is 7.77. The van der Waals surface area contributed by atoms with E-state index < -0.39 is 19.5 Å². The van der Waals surface area contributed by atoms with Crippen LogP contribution in [0, 0.1) is 0 Å². The van der Waals surface area contributed by atoms with Crippen LogP contribution in [0.15, 0.2) is 84.9 Å². The zero-order valence-corrected chi connectivity index (χ0v) is 17.3. The third-order valence-electron chi connectivity index (χ3n) is 3.64. The van der Waals surface area contributed by atoms with Crippen molar-refractivity contribution in [2.45, 2.75) is 0 Å². The Hall–Kier alpha value is -1.68. The molecule has 0 N–H and O–H groups in total. The Kier molecular flexibility index (Phi) is 7.39. The number of ketones is 1. The summed E-state index contributed by atoms with van der Waals surface area (Å²) < 4.78 is 17.0. The average Bonchev–Trinajstić information content (AvgIpc) is 2.62. The fourth-order valence-corrected chi connectivity index (χ4v) is 3.46. The van der Waals surface area contributed by atoms with Gasteiger partial charge in [0.2, 0.25) is 0 Å². The van der Waals surface area contributed by atoms with Gasteiger partial charge in [0.25, 0.3) is 0 Å². The number of carbonyl (C=O) groups is 1. The van der Waals surface area contributed by atoms with Gasteiger partial charge in [0.1, 0.15) is 5.75 Å². The number of hydrogen-bond donors (Lipinski definition) is 0. The van der Waals surface area contributed by atoms with Gasteiger partial charge in [0, 0.05) is 5.56 Å². The molecule has 0 saturated heterocycles. The number of para-hydroxylation sites is 1. The van der Waals surface area contributed by atoms with E-state index in [1.165, 1.54) is 12.1 Å². The van der Waals surface area contributed by atoms with E-state index >= 15 is 0 Å². The molecule has 0 aliphatic heterocycles. The predicted octanol–water partition coefficient (Wildman–Crippen LogP) is 1.17. The van der Waals surface area contributed by atoms with Crippen molar-refractivity contribution in [2.24, 2.45) is 0 Å². The zero-order chi connectivity index (χ0) is 17.7. The van der Waals surface area contributed by atoms with Crippen molar-refractivity contribution in [1.82, 2.24) is 0 Å². The Morgan fingerprint density at radius 1 is 0.808 bits per heavy atom. The van der Waals surface area contributed by atoms with Crippen LogP contribution < -0.4 is 39.0 Å². The number of benzene rings is 3. The Labute approximate surface area is 174 Å². The minimum Gasteiger partial charge on any atom is -0.769 e. The van der Waals surface area contributed by atoms with Crippen molar-refractivity contribution in [1.29, 1.82) is 0 Å². The van der Waals surface area contributed by atoms with Gasteiger partial charge in [0.15, 0.2) is 13.4 Å². The quantitative estimate of drug-likeness (QED) is 0.369. The fourth-order valence-electron chi connectivity index (χ4n) is 2.42. The SMILES string of the molecule is O=C(CP(=O)([O-])Oc1ccccc1)c1ccc(-c2ccccc2)cc1.[Na+]. The second-order valence-corrected chi connectivity index (χ2v) is 7.26. The summed E-state index contributed by atoms with van der Waals surface area (Å²) in [6.07, 6.45) is -0.674. The van der Waals surface area contributed by atoms with Gasteiger partial charge in [-0.1, -0.05) is 72.8 Å². The third kappa shape index (κ3) is 5.66. The van der Waals surface area contributed by atoms with Crippen molar-refractivity contribution in [2.75, 3.05) is 6.16 Å². The van der Waals surface area contributed by atoms with Crippen molar-refractivity contribution < 1.29 is 48.3 Å². The summed E-state index contributed by atoms with van der Waals surface area (Å²) in [5.41, 5.74) is 2.33. The largest absolute Gasteiger partial charge is 1.00 e. The van der Waals surface area contributed by atoms with E-state index in [4.69, 9.17) is 4.52 Å². The Bertz CT molecular complexity index is 896. The molecule has 26 heavy (non-hydrogen) atoms. The number of hydrogen-bond acceptors (Lipinski definition) is 4. The average molecular weight is 374 g/mol. The molecule has 1 atom stereocenters. The number of Topliss-reactive ketones (excluding diaryl/α,β-unsaturated/α-hetero) is 1. The summed E-state index contributed by atoms with van der Waals surface area (Å²) in [5.74, 6) is -0.290. The first-order valence-corrected chi connectivity index (χ1v) is 9.50. The molecule has 0 saturated carbocycles. The molecule has 0 heterocycles. The second-order valence-electron chi connectivity index (χ2n) is 5.54. The molecule has 3 aromatic rings. The Balaban J connectivity index is 0.00000243. The molecule has 0 aliphatic carbocycles. The summed E-state index contributed by atoms with van der Waals surface area (Å²) >= 11 is 0. The standard InChI is InChI=1S/C20H17O4P.Na/c21-20(15-25(22,23)24-19-9-5-2-6-10-19)18-13-11-17(12-14-18)16-7-3-1-4-8-16;/h1-14H,15H2,(H,22,23);/q;+1/p-1. The summed E-state index contributed by atoms with van der Waals surface area (Å²) in [4.78, 5) is 24.3. The van der Waals surface area contributed by atoms with E-state index in [1.54, 1.807) is 42.5 Å². The van der Waals surface area contributed by atoms with Gasteiger partial charge in [-0.15, -0.1) is 0 Å². The molecule has 0 fully saturated rings. The van der Waals surface area contributed by atoms with Crippen molar-refractivity contribution in [3.05, 3.63) is 90.5 Å². The second kappa shape index (κ2) is 9.31. The van der Waals surface area contributed by atoms with Gasteiger partial charge in [-0.25, -0.2) is 0 Å². The molecule has 3 rings (SSSR count). The first-order chi connectivity index (χ1) is 12.0. The number of rotatable bonds is 6. The van der Waals surface area contributed by atoms with Crippen molar-refractivity contribution in [3.8, 4) is 16.9 Å². The molecule has 4 nitrogen and oxygen atoms in total. The van der Waals surface area contributed by atoms with Crippen LogP contribution in [0.2, 0.25) is 0 Å². The monoisotopic (exact) mass is 374 g/mol. The van der Waals surface area contributed by atoms with Crippen LogP contribution in [0.1, 0.15) is 10.4 Å². The maximum atomic E-state index is 12.2. The van der Waals surface area contributed by atoms with Gasteiger partial charge in [-0.05, 0) is 23.3 Å². The minimum atomic E-state index is -4.31. The molecule has 0 bridgehead atoms. The van der Waals surface area contributed by atoms with E-state index in [1.807, 2.05) is 30.3 Å². The number of carbonyl (C=O) groups excluding carboxylic acids is 1. The molecule has 0 aliphatic rings. The van der Waals surface area contributed by atoms with Gasteiger partial charge in [0.05, 0.1) is 6.16 Å². The van der Waals surface area contributed by atoms with Gasteiger partial charge >= 0.3 is 29.6 Å². The zero-order valence-electron chi connectivity index (χ0n) is 14.4. The first kappa shape index (κ1) is 20.6. The van der Waals surface area contributed by atoms with Crippen LogP contribution in [0.4, 0.5) is 0 Å². The molecule has 0 aromatic heterocycles. The Morgan fingerprint density at radius 3 is 1.88 bits per heavy atom. The van der Waals surface area contributed by atoms with Crippen LogP contribution >= 0.6 is 7.60 Å². The van der Waals surface area contributed by atoms with E-state index in [2.05, 4.69) is 0 Å². The summed E-state index contributed by atoms with van der Waals surface area (Å²) in [6, 6.07) is 24.8. The maximum absolute atomic E-state index is 12.2. The van der Waals surface area contributed by atoms with E-state index in [9.17, 15) is 14.3 Å². The maximum Gasteiger partial charge on any atom is 1.00 e. The molecule has 0 amide bonds. The van der Waals surface area contributed by atoms with Crippen molar-refractivity contribution in [3.63, 3.8) is 0 Å². The van der Waals surface area contributed by atoms with Crippen LogP contribution in [0.3, 0.4) is 0 Å². The van der Waals surface area contributed by atoms with E-state index in [0.29, 0.717) is 5.56 Å². The van der Waals surface area contributed by atoms with Crippen LogP contribution in [-0.4, -0.2) is 11.9 Å². The molecule has 6 heteroatoms. The summed E-state index contributed by atoms with van der Waals surface area (Å²) in [7, 11) is -4.31. The van der Waals surface area contributed by atoms with Crippen LogP contribution in [-0.2, 0) is 4.57 Å². The topological polar surface area (TPSA) is 66.4 Å². The summed E-state index contributed by atoms with van der Waals surface area (Å²) in [5, 5.41) is 0. The Morgan fingerprint density at radius 2 is 1.31 bits per heavy atom. The van der Waals surface area contributed by atoms with Crippen molar-refractivity contribution >= 4 is 13.4 Å². The molecule has 1 unspecified atom stereocenters. The van der Waals surface area contributed by atoms with Gasteiger partial charge < -0.3 is 9.42 Å². The molecule has 0 spiro atoms. The molecule has 3 aromatic carbocycles. The van der Waals surface area contributed by atoms with E-state index in [-0.39, 0.29) is 35.3 Å². The molecule has 126 valence electrons. The predicted molar refractivity (Wildman–Crippen MR) is 95.8 cm³/mol. The van der Waals surface area contributed by atoms with Gasteiger partial charge in [-0.3, -0.25) is 9.36 Å². The van der Waals surface area contributed by atoms with Gasteiger partial charge in [-0.2, -0.15) is 0 Å². The fraction of sp³-hybridized carbons (Fsp3) is 0.0500. The van der Waals surface area contributed by atoms with Crippen LogP contribution in [0.25, 0.3) is 11.1 Å². The minimum absolute atomic E-state index is 0. The molecular weight excluding hydrogens is 358 g/mol. The summed E-state index contributed by atoms with van der Waals surface area (Å²) in [6.45, 7) is 0.